The number of rotatable bonds is 2. The Bertz CT molecular complexity index is 543. The third-order valence-corrected chi connectivity index (χ3v) is 4.32. The predicted octanol–water partition coefficient (Wildman–Crippen LogP) is 3.40. The highest BCUT2D eigenvalue weighted by Gasteiger charge is 2.13. The van der Waals surface area contributed by atoms with Gasteiger partial charge in [0.15, 0.2) is 0 Å². The van der Waals surface area contributed by atoms with E-state index in [1.54, 1.807) is 18.3 Å². The normalized spacial score (nSPS) is 15.4. The third kappa shape index (κ3) is 1.96. The molecular formula is C14H14O2S. The topological polar surface area (TPSA) is 29.5 Å². The highest BCUT2D eigenvalue weighted by molar-refractivity contribution is 7.15. The van der Waals surface area contributed by atoms with Gasteiger partial charge in [-0.3, -0.25) is 0 Å². The fraction of sp³-hybridized carbons (Fsp3) is 0.286. The van der Waals surface area contributed by atoms with Crippen LogP contribution < -0.4 is 4.74 Å². The Labute approximate surface area is 104 Å². The summed E-state index contributed by atoms with van der Waals surface area (Å²) in [7, 11) is 0. The minimum atomic E-state index is -0.383. The average Bonchev–Trinajstić information content (AvgIpc) is 2.97. The molecule has 3 heteroatoms. The van der Waals surface area contributed by atoms with Gasteiger partial charge in [0, 0.05) is 16.2 Å². The van der Waals surface area contributed by atoms with Gasteiger partial charge in [-0.2, -0.15) is 0 Å². The van der Waals surface area contributed by atoms with Crippen LogP contribution >= 0.6 is 11.3 Å². The zero-order valence-electron chi connectivity index (χ0n) is 9.64. The minimum Gasteiger partial charge on any atom is -0.493 e. The van der Waals surface area contributed by atoms with Crippen LogP contribution in [0.5, 0.6) is 5.75 Å². The largest absolute Gasteiger partial charge is 0.493 e. The van der Waals surface area contributed by atoms with E-state index in [-0.39, 0.29) is 6.10 Å². The van der Waals surface area contributed by atoms with Crippen LogP contribution in [0.25, 0.3) is 10.4 Å². The highest BCUT2D eigenvalue weighted by atomic mass is 32.1. The van der Waals surface area contributed by atoms with Crippen LogP contribution in [0.2, 0.25) is 0 Å². The zero-order chi connectivity index (χ0) is 11.8. The molecule has 1 aliphatic heterocycles. The van der Waals surface area contributed by atoms with Crippen molar-refractivity contribution in [1.29, 1.82) is 0 Å². The lowest BCUT2D eigenvalue weighted by Gasteiger charge is -2.02. The highest BCUT2D eigenvalue weighted by Crippen LogP contribution is 2.35. The molecule has 17 heavy (non-hydrogen) atoms. The fourth-order valence-corrected chi connectivity index (χ4v) is 3.01. The Balaban J connectivity index is 1.97. The second-order valence-corrected chi connectivity index (χ2v) is 5.41. The molecule has 0 radical (unpaired) electrons. The summed E-state index contributed by atoms with van der Waals surface area (Å²) in [5.74, 6) is 1.01. The first-order chi connectivity index (χ1) is 8.24. The van der Waals surface area contributed by atoms with Gasteiger partial charge >= 0.3 is 0 Å². The molecule has 1 N–H and O–H groups in total. The number of aliphatic hydroxyl groups excluding tert-OH is 1. The van der Waals surface area contributed by atoms with Gasteiger partial charge in [-0.05, 0) is 48.4 Å². The van der Waals surface area contributed by atoms with Crippen molar-refractivity contribution in [3.8, 4) is 16.2 Å². The smallest absolute Gasteiger partial charge is 0.122 e. The predicted molar refractivity (Wildman–Crippen MR) is 69.6 cm³/mol. The minimum absolute atomic E-state index is 0.383. The summed E-state index contributed by atoms with van der Waals surface area (Å²) in [5, 5.41) is 9.53. The van der Waals surface area contributed by atoms with E-state index in [0.717, 1.165) is 23.7 Å². The van der Waals surface area contributed by atoms with Crippen LogP contribution in [0, 0.1) is 0 Å². The second kappa shape index (κ2) is 4.17. The van der Waals surface area contributed by atoms with E-state index >= 15 is 0 Å². The van der Waals surface area contributed by atoms with E-state index < -0.39 is 0 Å². The summed E-state index contributed by atoms with van der Waals surface area (Å²) >= 11 is 1.65. The lowest BCUT2D eigenvalue weighted by molar-refractivity contribution is 0.203. The molecule has 0 saturated heterocycles. The Morgan fingerprint density at radius 3 is 2.94 bits per heavy atom. The van der Waals surface area contributed by atoms with Gasteiger partial charge in [-0.1, -0.05) is 0 Å². The van der Waals surface area contributed by atoms with Gasteiger partial charge in [-0.25, -0.2) is 0 Å². The lowest BCUT2D eigenvalue weighted by atomic mass is 10.1. The SMILES string of the molecule is C[C@@H](O)c1ccc(-c2ccc3c(c2)CCO3)s1. The van der Waals surface area contributed by atoms with E-state index in [1.165, 1.54) is 16.0 Å². The van der Waals surface area contributed by atoms with Crippen molar-refractivity contribution in [3.63, 3.8) is 0 Å². The maximum absolute atomic E-state index is 9.53. The molecule has 0 unspecified atom stereocenters. The molecule has 1 atom stereocenters. The molecule has 2 heterocycles. The van der Waals surface area contributed by atoms with E-state index in [4.69, 9.17) is 4.74 Å². The van der Waals surface area contributed by atoms with Crippen molar-refractivity contribution in [2.45, 2.75) is 19.4 Å². The monoisotopic (exact) mass is 246 g/mol. The number of benzene rings is 1. The molecule has 0 saturated carbocycles. The first-order valence-corrected chi connectivity index (χ1v) is 6.59. The lowest BCUT2D eigenvalue weighted by Crippen LogP contribution is -1.85. The first kappa shape index (κ1) is 10.8. The summed E-state index contributed by atoms with van der Waals surface area (Å²) in [6.45, 7) is 2.59. The summed E-state index contributed by atoms with van der Waals surface area (Å²) in [4.78, 5) is 2.22. The molecule has 0 amide bonds. The maximum atomic E-state index is 9.53. The summed E-state index contributed by atoms with van der Waals surface area (Å²) in [6.07, 6.45) is 0.615. The molecular weight excluding hydrogens is 232 g/mol. The first-order valence-electron chi connectivity index (χ1n) is 5.78. The van der Waals surface area contributed by atoms with Gasteiger partial charge in [0.25, 0.3) is 0 Å². The number of fused-ring (bicyclic) bond motifs is 1. The second-order valence-electron chi connectivity index (χ2n) is 4.30. The van der Waals surface area contributed by atoms with Crippen LogP contribution in [-0.4, -0.2) is 11.7 Å². The number of aliphatic hydroxyl groups is 1. The Morgan fingerprint density at radius 1 is 1.29 bits per heavy atom. The summed E-state index contributed by atoms with van der Waals surface area (Å²) < 4.78 is 5.50. The van der Waals surface area contributed by atoms with Crippen LogP contribution in [0.15, 0.2) is 30.3 Å². The fourth-order valence-electron chi connectivity index (χ4n) is 2.07. The third-order valence-electron chi connectivity index (χ3n) is 3.01. The number of ether oxygens (including phenoxy) is 1. The van der Waals surface area contributed by atoms with Crippen molar-refractivity contribution < 1.29 is 9.84 Å². The molecule has 1 aromatic heterocycles. The maximum Gasteiger partial charge on any atom is 0.122 e. The van der Waals surface area contributed by atoms with Crippen molar-refractivity contribution in [1.82, 2.24) is 0 Å². The van der Waals surface area contributed by atoms with E-state index in [9.17, 15) is 5.11 Å². The van der Waals surface area contributed by atoms with E-state index in [1.807, 2.05) is 12.1 Å². The van der Waals surface area contributed by atoms with Crippen molar-refractivity contribution >= 4 is 11.3 Å². The van der Waals surface area contributed by atoms with Crippen LogP contribution in [0.1, 0.15) is 23.5 Å². The zero-order valence-corrected chi connectivity index (χ0v) is 10.5. The van der Waals surface area contributed by atoms with Gasteiger partial charge in [0.2, 0.25) is 0 Å². The van der Waals surface area contributed by atoms with E-state index in [0.29, 0.717) is 0 Å². The number of thiophene rings is 1. The van der Waals surface area contributed by atoms with Gasteiger partial charge in [0.1, 0.15) is 5.75 Å². The standard InChI is InChI=1S/C14H14O2S/c1-9(15)13-4-5-14(17-13)11-2-3-12-10(8-11)6-7-16-12/h2-5,8-9,15H,6-7H2,1H3/t9-/m1/s1. The van der Waals surface area contributed by atoms with Crippen molar-refractivity contribution in [3.05, 3.63) is 40.8 Å². The average molecular weight is 246 g/mol. The molecule has 3 rings (SSSR count). The molecule has 2 aromatic rings. The molecule has 1 aliphatic rings. The quantitative estimate of drug-likeness (QED) is 0.880. The molecule has 88 valence electrons. The van der Waals surface area contributed by atoms with Crippen LogP contribution in [0.3, 0.4) is 0 Å². The Morgan fingerprint density at radius 2 is 2.18 bits per heavy atom. The summed E-state index contributed by atoms with van der Waals surface area (Å²) in [5.41, 5.74) is 2.50. The molecule has 0 fully saturated rings. The molecule has 2 nitrogen and oxygen atoms in total. The molecule has 1 aromatic carbocycles. The van der Waals surface area contributed by atoms with Crippen LogP contribution in [-0.2, 0) is 6.42 Å². The van der Waals surface area contributed by atoms with Gasteiger partial charge in [-0.15, -0.1) is 11.3 Å². The molecule has 0 spiro atoms. The van der Waals surface area contributed by atoms with Gasteiger partial charge < -0.3 is 9.84 Å². The van der Waals surface area contributed by atoms with Crippen molar-refractivity contribution in [2.24, 2.45) is 0 Å². The van der Waals surface area contributed by atoms with Crippen molar-refractivity contribution in [2.75, 3.05) is 6.61 Å². The molecule has 0 aliphatic carbocycles. The van der Waals surface area contributed by atoms with Crippen LogP contribution in [0.4, 0.5) is 0 Å². The molecule has 0 bridgehead atoms. The Hall–Kier alpha value is -1.32. The van der Waals surface area contributed by atoms with Gasteiger partial charge in [0.05, 0.1) is 12.7 Å². The Kier molecular flexibility index (Phi) is 2.65. The number of hydrogen-bond donors (Lipinski definition) is 1. The van der Waals surface area contributed by atoms with E-state index in [2.05, 4.69) is 18.2 Å². The number of hydrogen-bond acceptors (Lipinski definition) is 3. The summed E-state index contributed by atoms with van der Waals surface area (Å²) in [6, 6.07) is 10.4.